The summed E-state index contributed by atoms with van der Waals surface area (Å²) in [6.45, 7) is 0. The highest BCUT2D eigenvalue weighted by Crippen LogP contribution is 2.21. The number of hydrogen-bond donors (Lipinski definition) is 1. The van der Waals surface area contributed by atoms with Gasteiger partial charge < -0.3 is 4.98 Å². The second-order valence-electron chi connectivity index (χ2n) is 2.46. The Kier molecular flexibility index (Phi) is 1.98. The number of hydrogen-bond acceptors (Lipinski definition) is 2. The third-order valence-electron chi connectivity index (χ3n) is 1.59. The van der Waals surface area contributed by atoms with E-state index in [0.717, 1.165) is 0 Å². The van der Waals surface area contributed by atoms with Crippen LogP contribution in [0.2, 0.25) is 5.02 Å². The van der Waals surface area contributed by atoms with Crippen molar-refractivity contribution in [3.05, 3.63) is 35.8 Å². The van der Waals surface area contributed by atoms with E-state index in [-0.39, 0.29) is 0 Å². The third kappa shape index (κ3) is 1.53. The second kappa shape index (κ2) is 3.14. The van der Waals surface area contributed by atoms with Crippen molar-refractivity contribution in [2.24, 2.45) is 0 Å². The maximum absolute atomic E-state index is 13.1. The summed E-state index contributed by atoms with van der Waals surface area (Å²) in [6, 6.07) is 1.50. The molecule has 1 N–H and O–H groups in total. The van der Waals surface area contributed by atoms with E-state index >= 15 is 0 Å². The van der Waals surface area contributed by atoms with Gasteiger partial charge >= 0.3 is 0 Å². The number of imidazole rings is 1. The van der Waals surface area contributed by atoms with E-state index < -0.39 is 5.95 Å². The molecule has 2 aromatic rings. The maximum Gasteiger partial charge on any atom is 0.222 e. The summed E-state index contributed by atoms with van der Waals surface area (Å²) in [5.74, 6) is -0.561. The van der Waals surface area contributed by atoms with E-state index in [1.54, 1.807) is 0 Å². The van der Waals surface area contributed by atoms with Crippen molar-refractivity contribution in [3.63, 3.8) is 0 Å². The summed E-state index contributed by atoms with van der Waals surface area (Å²) in [6.07, 6.45) is 4.24. The Hall–Kier alpha value is -1.42. The summed E-state index contributed by atoms with van der Waals surface area (Å²) in [7, 11) is 0. The largest absolute Gasteiger partial charge is 0.344 e. The standard InChI is InChI=1S/C8H5ClFN3/c9-5-1-6(8(10)12-2-5)7-3-11-4-13-7/h1-4H,(H,11,13). The van der Waals surface area contributed by atoms with Crippen LogP contribution < -0.4 is 0 Å². The summed E-state index contributed by atoms with van der Waals surface area (Å²) in [4.78, 5) is 10.0. The lowest BCUT2D eigenvalue weighted by Gasteiger charge is -1.98. The Balaban J connectivity index is 2.57. The predicted octanol–water partition coefficient (Wildman–Crippen LogP) is 2.26. The summed E-state index contributed by atoms with van der Waals surface area (Å²) in [5.41, 5.74) is 0.887. The number of nitrogens with one attached hydrogen (secondary N) is 1. The van der Waals surface area contributed by atoms with Crippen LogP contribution in [-0.4, -0.2) is 15.0 Å². The lowest BCUT2D eigenvalue weighted by molar-refractivity contribution is 0.587. The molecular weight excluding hydrogens is 193 g/mol. The number of nitrogens with zero attached hydrogens (tertiary/aromatic N) is 2. The molecule has 0 saturated carbocycles. The second-order valence-corrected chi connectivity index (χ2v) is 2.89. The van der Waals surface area contributed by atoms with Gasteiger partial charge in [0.25, 0.3) is 0 Å². The molecule has 0 spiro atoms. The van der Waals surface area contributed by atoms with E-state index in [4.69, 9.17) is 11.6 Å². The monoisotopic (exact) mass is 197 g/mol. The molecule has 13 heavy (non-hydrogen) atoms. The third-order valence-corrected chi connectivity index (χ3v) is 1.80. The highest BCUT2D eigenvalue weighted by molar-refractivity contribution is 6.30. The van der Waals surface area contributed by atoms with Crippen molar-refractivity contribution in [2.45, 2.75) is 0 Å². The minimum Gasteiger partial charge on any atom is -0.344 e. The van der Waals surface area contributed by atoms with E-state index in [0.29, 0.717) is 16.3 Å². The van der Waals surface area contributed by atoms with Gasteiger partial charge in [0.05, 0.1) is 28.8 Å². The van der Waals surface area contributed by atoms with Crippen molar-refractivity contribution in [1.29, 1.82) is 0 Å². The van der Waals surface area contributed by atoms with Crippen molar-refractivity contribution in [3.8, 4) is 11.3 Å². The molecule has 0 amide bonds. The Morgan fingerprint density at radius 3 is 2.92 bits per heavy atom. The van der Waals surface area contributed by atoms with Gasteiger partial charge in [0.15, 0.2) is 0 Å². The van der Waals surface area contributed by atoms with Crippen LogP contribution in [0.1, 0.15) is 0 Å². The van der Waals surface area contributed by atoms with Gasteiger partial charge in [0, 0.05) is 6.20 Å². The van der Waals surface area contributed by atoms with Gasteiger partial charge in [-0.05, 0) is 6.07 Å². The summed E-state index contributed by atoms with van der Waals surface area (Å²) >= 11 is 5.67. The first-order valence-electron chi connectivity index (χ1n) is 3.57. The first-order chi connectivity index (χ1) is 6.27. The minimum absolute atomic E-state index is 0.324. The molecule has 5 heteroatoms. The van der Waals surface area contributed by atoms with Crippen molar-refractivity contribution >= 4 is 11.6 Å². The highest BCUT2D eigenvalue weighted by atomic mass is 35.5. The van der Waals surface area contributed by atoms with E-state index in [1.807, 2.05) is 0 Å². The van der Waals surface area contributed by atoms with Gasteiger partial charge in [-0.1, -0.05) is 11.6 Å². The van der Waals surface area contributed by atoms with Crippen LogP contribution in [0, 0.1) is 5.95 Å². The highest BCUT2D eigenvalue weighted by Gasteiger charge is 2.07. The molecule has 66 valence electrons. The van der Waals surface area contributed by atoms with Crippen LogP contribution in [-0.2, 0) is 0 Å². The average molecular weight is 198 g/mol. The zero-order chi connectivity index (χ0) is 9.26. The molecule has 2 heterocycles. The van der Waals surface area contributed by atoms with Gasteiger partial charge in [-0.2, -0.15) is 4.39 Å². The molecule has 0 atom stereocenters. The van der Waals surface area contributed by atoms with E-state index in [1.165, 1.54) is 24.8 Å². The van der Waals surface area contributed by atoms with Gasteiger partial charge in [-0.3, -0.25) is 0 Å². The molecule has 0 bridgehead atoms. The Morgan fingerprint density at radius 1 is 1.38 bits per heavy atom. The number of aromatic amines is 1. The topological polar surface area (TPSA) is 41.6 Å². The van der Waals surface area contributed by atoms with Crippen LogP contribution in [0.15, 0.2) is 24.8 Å². The molecule has 0 saturated heterocycles. The van der Waals surface area contributed by atoms with E-state index in [9.17, 15) is 4.39 Å². The fraction of sp³-hybridized carbons (Fsp3) is 0. The average Bonchev–Trinajstić information content (AvgIpc) is 2.61. The van der Waals surface area contributed by atoms with Crippen LogP contribution in [0.4, 0.5) is 4.39 Å². The molecule has 2 rings (SSSR count). The fourth-order valence-corrected chi connectivity index (χ4v) is 1.17. The van der Waals surface area contributed by atoms with Crippen LogP contribution in [0.5, 0.6) is 0 Å². The number of pyridine rings is 1. The van der Waals surface area contributed by atoms with Crippen LogP contribution >= 0.6 is 11.6 Å². The number of aromatic nitrogens is 3. The molecule has 3 nitrogen and oxygen atoms in total. The molecule has 0 aliphatic rings. The molecule has 0 radical (unpaired) electrons. The zero-order valence-electron chi connectivity index (χ0n) is 6.46. The van der Waals surface area contributed by atoms with Gasteiger partial charge in [-0.25, -0.2) is 9.97 Å². The summed E-state index contributed by atoms with van der Waals surface area (Å²) < 4.78 is 13.1. The van der Waals surface area contributed by atoms with Crippen LogP contribution in [0.3, 0.4) is 0 Å². The van der Waals surface area contributed by atoms with Crippen molar-refractivity contribution in [1.82, 2.24) is 15.0 Å². The molecule has 0 aliphatic carbocycles. The van der Waals surface area contributed by atoms with Gasteiger partial charge in [0.2, 0.25) is 5.95 Å². The van der Waals surface area contributed by atoms with Crippen LogP contribution in [0.25, 0.3) is 11.3 Å². The number of H-pyrrole nitrogens is 1. The molecule has 0 unspecified atom stereocenters. The fourth-order valence-electron chi connectivity index (χ4n) is 1.01. The van der Waals surface area contributed by atoms with E-state index in [2.05, 4.69) is 15.0 Å². The SMILES string of the molecule is Fc1ncc(Cl)cc1-c1cnc[nH]1. The lowest BCUT2D eigenvalue weighted by atomic mass is 10.2. The maximum atomic E-state index is 13.1. The molecule has 0 fully saturated rings. The molecule has 0 aromatic carbocycles. The summed E-state index contributed by atoms with van der Waals surface area (Å²) in [5, 5.41) is 0.394. The smallest absolute Gasteiger partial charge is 0.222 e. The quantitative estimate of drug-likeness (QED) is 0.713. The van der Waals surface area contributed by atoms with Crippen molar-refractivity contribution in [2.75, 3.05) is 0 Å². The zero-order valence-corrected chi connectivity index (χ0v) is 7.22. The Morgan fingerprint density at radius 2 is 2.23 bits per heavy atom. The molecule has 0 aliphatic heterocycles. The predicted molar refractivity (Wildman–Crippen MR) is 46.8 cm³/mol. The lowest BCUT2D eigenvalue weighted by Crippen LogP contribution is -1.88. The number of rotatable bonds is 1. The minimum atomic E-state index is -0.561. The first kappa shape index (κ1) is 8.19. The normalized spacial score (nSPS) is 10.3. The van der Waals surface area contributed by atoms with Gasteiger partial charge in [-0.15, -0.1) is 0 Å². The number of halogens is 2. The molecule has 2 aromatic heterocycles. The Bertz CT molecular complexity index is 413. The van der Waals surface area contributed by atoms with Gasteiger partial charge in [0.1, 0.15) is 0 Å². The Labute approximate surface area is 78.6 Å². The first-order valence-corrected chi connectivity index (χ1v) is 3.95. The van der Waals surface area contributed by atoms with Crippen molar-refractivity contribution < 1.29 is 4.39 Å². The molecular formula is C8H5ClFN3.